The monoisotopic (exact) mass is 500 g/mol. The smallest absolute Gasteiger partial charge is 0.272 e. The molecule has 1 aromatic carbocycles. The number of likely N-dealkylation sites (tertiary alicyclic amines) is 1. The molecule has 7 nitrogen and oxygen atoms in total. The lowest BCUT2D eigenvalue weighted by Crippen LogP contribution is -2.33. The number of aromatic nitrogens is 3. The van der Waals surface area contributed by atoms with Crippen molar-refractivity contribution in [3.63, 3.8) is 0 Å². The van der Waals surface area contributed by atoms with E-state index in [1.165, 1.54) is 32.4 Å². The van der Waals surface area contributed by atoms with E-state index >= 15 is 0 Å². The Bertz CT molecular complexity index is 1210. The molecule has 0 saturated carbocycles. The van der Waals surface area contributed by atoms with Crippen molar-refractivity contribution in [2.75, 3.05) is 32.7 Å². The second-order valence-corrected chi connectivity index (χ2v) is 10.1. The first-order valence-electron chi connectivity index (χ1n) is 14.0. The van der Waals surface area contributed by atoms with Crippen LogP contribution in [-0.4, -0.2) is 63.0 Å². The Kier molecular flexibility index (Phi) is 9.67. The maximum absolute atomic E-state index is 13.5. The maximum Gasteiger partial charge on any atom is 0.272 e. The first kappa shape index (κ1) is 26.8. The Morgan fingerprint density at radius 1 is 0.973 bits per heavy atom. The summed E-state index contributed by atoms with van der Waals surface area (Å²) in [5.41, 5.74) is 3.51. The number of carbonyl (C=O) groups excluding carboxylic acids is 1. The largest absolute Gasteiger partial charge is 0.337 e. The number of benzene rings is 1. The number of hydrogen-bond acceptors (Lipinski definition) is 5. The number of amides is 1. The number of carbonyl (C=O) groups is 1. The molecule has 0 bridgehead atoms. The molecule has 2 aromatic heterocycles. The number of rotatable bonds is 12. The van der Waals surface area contributed by atoms with E-state index in [9.17, 15) is 10.1 Å². The van der Waals surface area contributed by atoms with Gasteiger partial charge in [-0.15, -0.1) is 0 Å². The molecule has 3 heterocycles. The fraction of sp³-hybridized carbons (Fsp3) is 0.533. The fourth-order valence-corrected chi connectivity index (χ4v) is 5.09. The van der Waals surface area contributed by atoms with Crippen LogP contribution in [0.1, 0.15) is 81.3 Å². The molecule has 37 heavy (non-hydrogen) atoms. The zero-order chi connectivity index (χ0) is 26.0. The summed E-state index contributed by atoms with van der Waals surface area (Å²) in [7, 11) is 0. The summed E-state index contributed by atoms with van der Waals surface area (Å²) in [5.74, 6) is 0.801. The van der Waals surface area contributed by atoms with Crippen molar-refractivity contribution >= 4 is 17.1 Å². The number of hydrogen-bond donors (Lipinski definition) is 0. The van der Waals surface area contributed by atoms with Crippen molar-refractivity contribution in [3.05, 3.63) is 47.7 Å². The van der Waals surface area contributed by atoms with Gasteiger partial charge in [0, 0.05) is 25.2 Å². The second-order valence-electron chi connectivity index (χ2n) is 10.1. The summed E-state index contributed by atoms with van der Waals surface area (Å²) < 4.78 is 2.15. The SMILES string of the molecule is CCCCN(CCCC)C(=O)c1ccc2nc(-c3cccc(C#N)c3)n(CCCN3CCCCC3)c2n1. The minimum atomic E-state index is -0.00195. The maximum atomic E-state index is 13.5. The molecule has 0 unspecified atom stereocenters. The highest BCUT2D eigenvalue weighted by Crippen LogP contribution is 2.26. The molecule has 1 aliphatic rings. The van der Waals surface area contributed by atoms with Gasteiger partial charge in [0.2, 0.25) is 0 Å². The zero-order valence-corrected chi connectivity index (χ0v) is 22.5. The van der Waals surface area contributed by atoms with E-state index in [1.807, 2.05) is 41.3 Å². The van der Waals surface area contributed by atoms with Crippen LogP contribution in [0.4, 0.5) is 0 Å². The highest BCUT2D eigenvalue weighted by Gasteiger charge is 2.20. The first-order chi connectivity index (χ1) is 18.1. The van der Waals surface area contributed by atoms with Crippen LogP contribution in [0.25, 0.3) is 22.6 Å². The lowest BCUT2D eigenvalue weighted by molar-refractivity contribution is 0.0745. The van der Waals surface area contributed by atoms with Gasteiger partial charge in [0.25, 0.3) is 5.91 Å². The number of unbranched alkanes of at least 4 members (excludes halogenated alkanes) is 2. The van der Waals surface area contributed by atoms with Gasteiger partial charge >= 0.3 is 0 Å². The summed E-state index contributed by atoms with van der Waals surface area (Å²) in [6.45, 7) is 9.97. The molecule has 196 valence electrons. The minimum Gasteiger partial charge on any atom is -0.337 e. The van der Waals surface area contributed by atoms with Gasteiger partial charge in [0.1, 0.15) is 17.0 Å². The molecule has 1 aliphatic heterocycles. The molecule has 0 atom stereocenters. The standard InChI is InChI=1S/C30H40N6O/c1-3-5-19-35(20-6-4-2)30(37)27-15-14-26-29(33-27)36(21-11-18-34-16-8-7-9-17-34)28(32-26)25-13-10-12-24(22-25)23-31/h10,12-15,22H,3-9,11,16-21H2,1-2H3. The quantitative estimate of drug-likeness (QED) is 0.310. The van der Waals surface area contributed by atoms with Gasteiger partial charge in [-0.1, -0.05) is 45.2 Å². The third-order valence-electron chi connectivity index (χ3n) is 7.22. The molecule has 7 heteroatoms. The molecular weight excluding hydrogens is 460 g/mol. The minimum absolute atomic E-state index is 0.00195. The number of piperidine rings is 1. The van der Waals surface area contributed by atoms with E-state index < -0.39 is 0 Å². The Hall–Kier alpha value is -3.24. The predicted octanol–water partition coefficient (Wildman–Crippen LogP) is 5.89. The third kappa shape index (κ3) is 6.75. The predicted molar refractivity (Wildman–Crippen MR) is 148 cm³/mol. The normalized spacial score (nSPS) is 14.1. The van der Waals surface area contributed by atoms with Crippen molar-refractivity contribution in [1.82, 2.24) is 24.3 Å². The molecule has 1 fully saturated rings. The van der Waals surface area contributed by atoms with Gasteiger partial charge in [-0.3, -0.25) is 4.79 Å². The van der Waals surface area contributed by atoms with Gasteiger partial charge in [0.05, 0.1) is 11.6 Å². The Labute approximate surface area is 221 Å². The molecule has 4 rings (SSSR count). The number of pyridine rings is 1. The van der Waals surface area contributed by atoms with Gasteiger partial charge in [0.15, 0.2) is 5.65 Å². The number of nitriles is 1. The van der Waals surface area contributed by atoms with Gasteiger partial charge in [-0.2, -0.15) is 5.26 Å². The Balaban J connectivity index is 1.67. The van der Waals surface area contributed by atoms with E-state index in [0.717, 1.165) is 80.8 Å². The van der Waals surface area contributed by atoms with Crippen molar-refractivity contribution in [2.45, 2.75) is 71.8 Å². The van der Waals surface area contributed by atoms with E-state index in [2.05, 4.69) is 29.4 Å². The summed E-state index contributed by atoms with van der Waals surface area (Å²) in [6.07, 6.45) is 8.96. The molecule has 1 saturated heterocycles. The van der Waals surface area contributed by atoms with E-state index in [4.69, 9.17) is 9.97 Å². The topological polar surface area (TPSA) is 78.0 Å². The Morgan fingerprint density at radius 3 is 2.43 bits per heavy atom. The molecule has 3 aromatic rings. The highest BCUT2D eigenvalue weighted by molar-refractivity contribution is 5.94. The summed E-state index contributed by atoms with van der Waals surface area (Å²) in [5, 5.41) is 9.44. The van der Waals surface area contributed by atoms with E-state index in [-0.39, 0.29) is 5.91 Å². The van der Waals surface area contributed by atoms with E-state index in [0.29, 0.717) is 11.3 Å². The van der Waals surface area contributed by atoms with E-state index in [1.54, 1.807) is 0 Å². The number of imidazole rings is 1. The number of nitrogens with zero attached hydrogens (tertiary/aromatic N) is 6. The van der Waals surface area contributed by atoms with Crippen LogP contribution in [0.15, 0.2) is 36.4 Å². The van der Waals surface area contributed by atoms with Crippen LogP contribution < -0.4 is 0 Å². The summed E-state index contributed by atoms with van der Waals surface area (Å²) in [4.78, 5) is 27.8. The fourth-order valence-electron chi connectivity index (χ4n) is 5.09. The first-order valence-corrected chi connectivity index (χ1v) is 14.0. The average molecular weight is 501 g/mol. The number of aryl methyl sites for hydroxylation is 1. The van der Waals surface area contributed by atoms with Crippen molar-refractivity contribution in [2.24, 2.45) is 0 Å². The lowest BCUT2D eigenvalue weighted by Gasteiger charge is -2.26. The molecule has 0 spiro atoms. The van der Waals surface area contributed by atoms with Crippen LogP contribution in [0.5, 0.6) is 0 Å². The average Bonchev–Trinajstić information content (AvgIpc) is 3.31. The van der Waals surface area contributed by atoms with Gasteiger partial charge in [-0.25, -0.2) is 9.97 Å². The van der Waals surface area contributed by atoms with Gasteiger partial charge in [-0.05, 0) is 76.0 Å². The van der Waals surface area contributed by atoms with Crippen LogP contribution in [-0.2, 0) is 6.54 Å². The molecule has 0 aliphatic carbocycles. The lowest BCUT2D eigenvalue weighted by atomic mass is 10.1. The molecular formula is C30H40N6O. The van der Waals surface area contributed by atoms with Crippen LogP contribution in [0.3, 0.4) is 0 Å². The van der Waals surface area contributed by atoms with Gasteiger partial charge < -0.3 is 14.4 Å². The van der Waals surface area contributed by atoms with Crippen LogP contribution in [0, 0.1) is 11.3 Å². The van der Waals surface area contributed by atoms with Crippen LogP contribution in [0.2, 0.25) is 0 Å². The molecule has 0 radical (unpaired) electrons. The molecule has 0 N–H and O–H groups in total. The van der Waals surface area contributed by atoms with Crippen molar-refractivity contribution < 1.29 is 4.79 Å². The van der Waals surface area contributed by atoms with Crippen LogP contribution >= 0.6 is 0 Å². The number of fused-ring (bicyclic) bond motifs is 1. The third-order valence-corrected chi connectivity index (χ3v) is 7.22. The summed E-state index contributed by atoms with van der Waals surface area (Å²) in [6, 6.07) is 13.6. The highest BCUT2D eigenvalue weighted by atomic mass is 16.2. The van der Waals surface area contributed by atoms with Crippen molar-refractivity contribution in [3.8, 4) is 17.5 Å². The van der Waals surface area contributed by atoms with Crippen molar-refractivity contribution in [1.29, 1.82) is 5.26 Å². The molecule has 1 amide bonds. The zero-order valence-electron chi connectivity index (χ0n) is 22.5. The Morgan fingerprint density at radius 2 is 1.73 bits per heavy atom. The summed E-state index contributed by atoms with van der Waals surface area (Å²) >= 11 is 0. The second kappa shape index (κ2) is 13.3.